The third-order valence-electron chi connectivity index (χ3n) is 8.86. The van der Waals surface area contributed by atoms with Crippen LogP contribution in [0.3, 0.4) is 0 Å². The third kappa shape index (κ3) is 5.14. The van der Waals surface area contributed by atoms with Crippen molar-refractivity contribution in [3.05, 3.63) is 162 Å². The second kappa shape index (κ2) is 12.3. The molecule has 0 aromatic heterocycles. The quantitative estimate of drug-likeness (QED) is 0.147. The first-order valence-corrected chi connectivity index (χ1v) is 14.7. The molecule has 0 aliphatic rings. The number of rotatable bonds is 0. The van der Waals surface area contributed by atoms with Crippen molar-refractivity contribution in [1.29, 1.82) is 0 Å². The van der Waals surface area contributed by atoms with E-state index < -0.39 is 0 Å². The van der Waals surface area contributed by atoms with Gasteiger partial charge < -0.3 is 0 Å². The average Bonchev–Trinajstić information content (AvgIpc) is 3.64. The Labute approximate surface area is 278 Å². The molecule has 0 amide bonds. The molecule has 0 fully saturated rings. The van der Waals surface area contributed by atoms with Crippen molar-refractivity contribution in [1.82, 2.24) is 0 Å². The van der Waals surface area contributed by atoms with Gasteiger partial charge in [0.15, 0.2) is 0 Å². The molecule has 204 valence electrons. The van der Waals surface area contributed by atoms with Gasteiger partial charge in [-0.1, -0.05) is 130 Å². The van der Waals surface area contributed by atoms with E-state index in [1.165, 1.54) is 81.3 Å². The van der Waals surface area contributed by atoms with Crippen LogP contribution in [0.2, 0.25) is 0 Å². The maximum atomic E-state index is 2.20. The Balaban J connectivity index is 0.000000113. The Morgan fingerprint density at radius 1 is 0.256 bits per heavy atom. The van der Waals surface area contributed by atoms with E-state index in [1.54, 1.807) is 0 Å². The normalized spacial score (nSPS) is 11.0. The van der Waals surface area contributed by atoms with E-state index in [-0.39, 0.29) is 32.7 Å². The first kappa shape index (κ1) is 29.1. The second-order valence-electron chi connectivity index (χ2n) is 11.1. The molecule has 0 spiro atoms. The largest absolute Gasteiger partial charge is 3.00 e. The molecule has 1 heteroatoms. The van der Waals surface area contributed by atoms with Gasteiger partial charge in [-0.25, -0.2) is 0 Å². The number of benzene rings is 6. The first-order chi connectivity index (χ1) is 20.6. The van der Waals surface area contributed by atoms with Crippen LogP contribution in [0.1, 0.15) is 16.7 Å². The summed E-state index contributed by atoms with van der Waals surface area (Å²) >= 11 is 0. The molecule has 0 aliphatic carbocycles. The predicted molar refractivity (Wildman–Crippen MR) is 185 cm³/mol. The Hall–Kier alpha value is -3.97. The van der Waals surface area contributed by atoms with Crippen molar-refractivity contribution in [2.24, 2.45) is 0 Å². The molecule has 0 saturated carbocycles. The topological polar surface area (TPSA) is 0 Å². The molecule has 43 heavy (non-hydrogen) atoms. The molecule has 0 atom stereocenters. The molecule has 0 saturated heterocycles. The van der Waals surface area contributed by atoms with Crippen molar-refractivity contribution in [2.45, 2.75) is 20.8 Å². The van der Waals surface area contributed by atoms with Crippen LogP contribution in [0.5, 0.6) is 0 Å². The Morgan fingerprint density at radius 2 is 0.395 bits per heavy atom. The van der Waals surface area contributed by atoms with Crippen LogP contribution in [-0.4, -0.2) is 0 Å². The zero-order chi connectivity index (χ0) is 28.6. The van der Waals surface area contributed by atoms with Crippen LogP contribution in [0.4, 0.5) is 0 Å². The monoisotopic (exact) mass is 626 g/mol. The van der Waals surface area contributed by atoms with Gasteiger partial charge in [-0.15, -0.1) is 118 Å². The summed E-state index contributed by atoms with van der Waals surface area (Å²) in [5.41, 5.74) is 4.20. The van der Waals surface area contributed by atoms with Crippen LogP contribution < -0.4 is 0 Å². The van der Waals surface area contributed by atoms with Gasteiger partial charge in [0.25, 0.3) is 0 Å². The summed E-state index contributed by atoms with van der Waals surface area (Å²) in [6.07, 6.45) is 0. The van der Waals surface area contributed by atoms with Gasteiger partial charge in [0.2, 0.25) is 0 Å². The van der Waals surface area contributed by atoms with E-state index in [4.69, 9.17) is 0 Å². The van der Waals surface area contributed by atoms with E-state index in [0.29, 0.717) is 0 Å². The van der Waals surface area contributed by atoms with Crippen molar-refractivity contribution in [3.63, 3.8) is 0 Å². The van der Waals surface area contributed by atoms with Crippen LogP contribution in [0.25, 0.3) is 64.6 Å². The standard InChI is InChI=1S/3C14H11.Y/c3*1-10-11-6-2-4-8-13(11)14-9-5-3-7-12(10)14;/h3*2-9H,1H3;/q3*-1;+3. The van der Waals surface area contributed by atoms with E-state index in [1.807, 2.05) is 0 Å². The van der Waals surface area contributed by atoms with Crippen LogP contribution in [-0.2, 0) is 32.7 Å². The molecule has 0 aliphatic heterocycles. The Kier molecular flexibility index (Phi) is 8.35. The molecule has 0 nitrogen and oxygen atoms in total. The summed E-state index contributed by atoms with van der Waals surface area (Å²) in [6.45, 7) is 6.60. The third-order valence-corrected chi connectivity index (χ3v) is 8.86. The number of fused-ring (bicyclic) bond motifs is 9. The molecule has 9 aromatic carbocycles. The van der Waals surface area contributed by atoms with Gasteiger partial charge in [-0.05, 0) is 0 Å². The van der Waals surface area contributed by atoms with Gasteiger partial charge >= 0.3 is 32.7 Å². The van der Waals surface area contributed by atoms with Gasteiger partial charge in [0, 0.05) is 0 Å². The Morgan fingerprint density at radius 3 is 0.558 bits per heavy atom. The molecule has 9 aromatic rings. The second-order valence-corrected chi connectivity index (χ2v) is 11.1. The molecule has 0 bridgehead atoms. The van der Waals surface area contributed by atoms with Crippen LogP contribution in [0.15, 0.2) is 146 Å². The molecule has 0 N–H and O–H groups in total. The summed E-state index contributed by atoms with van der Waals surface area (Å²) in [5, 5.41) is 16.6. The van der Waals surface area contributed by atoms with Gasteiger partial charge in [0.1, 0.15) is 0 Å². The van der Waals surface area contributed by atoms with E-state index >= 15 is 0 Å². The zero-order valence-electron chi connectivity index (χ0n) is 24.9. The summed E-state index contributed by atoms with van der Waals surface area (Å²) in [6, 6.07) is 51.7. The molecule has 0 heterocycles. The number of hydrogen-bond donors (Lipinski definition) is 0. The fourth-order valence-corrected chi connectivity index (χ4v) is 6.71. The minimum atomic E-state index is 0. The van der Waals surface area contributed by atoms with Crippen molar-refractivity contribution < 1.29 is 32.7 Å². The van der Waals surface area contributed by atoms with E-state index in [9.17, 15) is 0 Å². The predicted octanol–water partition coefficient (Wildman–Crippen LogP) is 12.1. The summed E-state index contributed by atoms with van der Waals surface area (Å²) in [4.78, 5) is 0. The van der Waals surface area contributed by atoms with E-state index in [0.717, 1.165) is 0 Å². The van der Waals surface area contributed by atoms with Crippen molar-refractivity contribution in [2.75, 3.05) is 0 Å². The SMILES string of the molecule is C[c-]1c2ccccc2c2ccccc21.C[c-]1c2ccccc2c2ccccc21.C[c-]1c2ccccc2c2ccccc21.[Y+3]. The number of aryl methyl sites for hydroxylation is 3. The van der Waals surface area contributed by atoms with Gasteiger partial charge in [-0.3, -0.25) is 0 Å². The Bertz CT molecular complexity index is 1910. The summed E-state index contributed by atoms with van der Waals surface area (Å²) in [5.74, 6) is 0. The van der Waals surface area contributed by atoms with Gasteiger partial charge in [-0.2, -0.15) is 0 Å². The zero-order valence-corrected chi connectivity index (χ0v) is 27.8. The summed E-state index contributed by atoms with van der Waals surface area (Å²) in [7, 11) is 0. The summed E-state index contributed by atoms with van der Waals surface area (Å²) < 4.78 is 0. The van der Waals surface area contributed by atoms with Crippen molar-refractivity contribution in [3.8, 4) is 0 Å². The average molecular weight is 627 g/mol. The number of hydrogen-bond acceptors (Lipinski definition) is 0. The maximum Gasteiger partial charge on any atom is 3.00 e. The fraction of sp³-hybridized carbons (Fsp3) is 0.0714. The molecular weight excluding hydrogens is 593 g/mol. The molecule has 0 radical (unpaired) electrons. The molecule has 9 rings (SSSR count). The van der Waals surface area contributed by atoms with E-state index in [2.05, 4.69) is 166 Å². The minimum Gasteiger partial charge on any atom is -0.120 e. The maximum absolute atomic E-state index is 2.20. The van der Waals surface area contributed by atoms with Crippen LogP contribution in [0, 0.1) is 20.8 Å². The fourth-order valence-electron chi connectivity index (χ4n) is 6.71. The minimum absolute atomic E-state index is 0. The first-order valence-electron chi connectivity index (χ1n) is 14.7. The molecular formula is C42H33Y. The van der Waals surface area contributed by atoms with Crippen LogP contribution >= 0.6 is 0 Å². The van der Waals surface area contributed by atoms with Crippen molar-refractivity contribution >= 4 is 64.6 Å². The smallest absolute Gasteiger partial charge is 0.120 e. The molecule has 0 unspecified atom stereocenters. The van der Waals surface area contributed by atoms with Gasteiger partial charge in [0.05, 0.1) is 0 Å².